The molecule has 0 fully saturated rings. The van der Waals surface area contributed by atoms with Crippen molar-refractivity contribution < 1.29 is 0 Å². The molecule has 3 heterocycles. The van der Waals surface area contributed by atoms with Crippen molar-refractivity contribution in [3.8, 4) is 0 Å². The summed E-state index contributed by atoms with van der Waals surface area (Å²) in [5, 5.41) is 12.3. The summed E-state index contributed by atoms with van der Waals surface area (Å²) in [6.07, 6.45) is 4.63. The average molecular weight is 271 g/mol. The van der Waals surface area contributed by atoms with Crippen molar-refractivity contribution >= 4 is 0 Å². The highest BCUT2D eigenvalue weighted by molar-refractivity contribution is 5.23. The van der Waals surface area contributed by atoms with Gasteiger partial charge in [-0.05, 0) is 17.0 Å². The summed E-state index contributed by atoms with van der Waals surface area (Å²) < 4.78 is 2.26. The summed E-state index contributed by atoms with van der Waals surface area (Å²) in [5.41, 5.74) is 1.36. The fourth-order valence-electron chi connectivity index (χ4n) is 2.64. The molecule has 0 radical (unpaired) electrons. The van der Waals surface area contributed by atoms with E-state index < -0.39 is 0 Å². The SMILES string of the molecule is CC(C)(C)Cc1nnc2n1CCNC2c1cccnc1. The Morgan fingerprint density at radius 3 is 2.90 bits per heavy atom. The number of hydrogen-bond acceptors (Lipinski definition) is 4. The maximum absolute atomic E-state index is 4.42. The normalized spacial score (nSPS) is 18.9. The predicted octanol–water partition coefficient (Wildman–Crippen LogP) is 1.95. The lowest BCUT2D eigenvalue weighted by Gasteiger charge is -2.26. The molecule has 0 saturated carbocycles. The second kappa shape index (κ2) is 4.98. The van der Waals surface area contributed by atoms with E-state index >= 15 is 0 Å². The third kappa shape index (κ3) is 2.58. The van der Waals surface area contributed by atoms with Gasteiger partial charge in [-0.1, -0.05) is 26.8 Å². The molecule has 1 N–H and O–H groups in total. The minimum atomic E-state index is 0.0960. The Morgan fingerprint density at radius 2 is 2.20 bits per heavy atom. The van der Waals surface area contributed by atoms with Crippen LogP contribution in [-0.4, -0.2) is 26.3 Å². The minimum absolute atomic E-state index is 0.0960. The Balaban J connectivity index is 1.95. The molecule has 5 nitrogen and oxygen atoms in total. The second-order valence-electron chi connectivity index (χ2n) is 6.54. The van der Waals surface area contributed by atoms with Crippen LogP contribution in [0.3, 0.4) is 0 Å². The molecule has 1 atom stereocenters. The van der Waals surface area contributed by atoms with E-state index in [0.717, 1.165) is 36.7 Å². The zero-order valence-electron chi connectivity index (χ0n) is 12.3. The van der Waals surface area contributed by atoms with E-state index in [0.29, 0.717) is 0 Å². The Hall–Kier alpha value is -1.75. The summed E-state index contributed by atoms with van der Waals surface area (Å²) in [5.74, 6) is 2.09. The molecule has 106 valence electrons. The highest BCUT2D eigenvalue weighted by Crippen LogP contribution is 2.26. The van der Waals surface area contributed by atoms with Gasteiger partial charge in [-0.3, -0.25) is 4.98 Å². The number of nitrogens with one attached hydrogen (secondary N) is 1. The lowest BCUT2D eigenvalue weighted by atomic mass is 9.92. The number of nitrogens with zero attached hydrogens (tertiary/aromatic N) is 4. The van der Waals surface area contributed by atoms with Crippen molar-refractivity contribution in [1.29, 1.82) is 0 Å². The van der Waals surface area contributed by atoms with Gasteiger partial charge < -0.3 is 9.88 Å². The molecule has 1 aliphatic rings. The number of hydrogen-bond donors (Lipinski definition) is 1. The lowest BCUT2D eigenvalue weighted by Crippen LogP contribution is -2.35. The first-order chi connectivity index (χ1) is 9.54. The van der Waals surface area contributed by atoms with Crippen LogP contribution in [0.2, 0.25) is 0 Å². The summed E-state index contributed by atoms with van der Waals surface area (Å²) >= 11 is 0. The molecule has 1 aliphatic heterocycles. The molecular weight excluding hydrogens is 250 g/mol. The largest absolute Gasteiger partial charge is 0.312 e. The number of fused-ring (bicyclic) bond motifs is 1. The van der Waals surface area contributed by atoms with Crippen molar-refractivity contribution in [3.05, 3.63) is 41.7 Å². The fraction of sp³-hybridized carbons (Fsp3) is 0.533. The summed E-state index contributed by atoms with van der Waals surface area (Å²) in [6.45, 7) is 8.56. The molecule has 0 bridgehead atoms. The van der Waals surface area contributed by atoms with Crippen molar-refractivity contribution in [1.82, 2.24) is 25.1 Å². The maximum Gasteiger partial charge on any atom is 0.154 e. The van der Waals surface area contributed by atoms with E-state index in [1.54, 1.807) is 6.20 Å². The van der Waals surface area contributed by atoms with E-state index in [-0.39, 0.29) is 11.5 Å². The molecule has 2 aromatic rings. The maximum atomic E-state index is 4.42. The van der Waals surface area contributed by atoms with Gasteiger partial charge in [0.25, 0.3) is 0 Å². The molecule has 5 heteroatoms. The van der Waals surface area contributed by atoms with Crippen LogP contribution >= 0.6 is 0 Å². The molecule has 0 aromatic carbocycles. The summed E-state index contributed by atoms with van der Waals surface area (Å²) in [4.78, 5) is 4.20. The molecule has 20 heavy (non-hydrogen) atoms. The van der Waals surface area contributed by atoms with Crippen LogP contribution in [-0.2, 0) is 13.0 Å². The Kier molecular flexibility index (Phi) is 3.30. The standard InChI is InChI=1S/C15H21N5/c1-15(2,3)9-12-18-19-14-13(17-7-8-20(12)14)11-5-4-6-16-10-11/h4-6,10,13,17H,7-9H2,1-3H3. The second-order valence-corrected chi connectivity index (χ2v) is 6.54. The fourth-order valence-corrected chi connectivity index (χ4v) is 2.64. The van der Waals surface area contributed by atoms with Crippen molar-refractivity contribution in [2.75, 3.05) is 6.54 Å². The minimum Gasteiger partial charge on any atom is -0.312 e. The highest BCUT2D eigenvalue weighted by atomic mass is 15.3. The summed E-state index contributed by atoms with van der Waals surface area (Å²) in [7, 11) is 0. The van der Waals surface area contributed by atoms with Crippen LogP contribution in [0.25, 0.3) is 0 Å². The molecule has 0 saturated heterocycles. The molecule has 2 aromatic heterocycles. The van der Waals surface area contributed by atoms with Gasteiger partial charge in [0.15, 0.2) is 5.82 Å². The van der Waals surface area contributed by atoms with Crippen LogP contribution in [0.1, 0.15) is 44.0 Å². The van der Waals surface area contributed by atoms with Crippen molar-refractivity contribution in [2.24, 2.45) is 5.41 Å². The van der Waals surface area contributed by atoms with E-state index in [1.807, 2.05) is 12.3 Å². The van der Waals surface area contributed by atoms with Gasteiger partial charge in [0.2, 0.25) is 0 Å². The molecular formula is C15H21N5. The Bertz CT molecular complexity index is 582. The van der Waals surface area contributed by atoms with Crippen LogP contribution in [0.15, 0.2) is 24.5 Å². The Morgan fingerprint density at radius 1 is 1.35 bits per heavy atom. The zero-order chi connectivity index (χ0) is 14.2. The van der Waals surface area contributed by atoms with Crippen LogP contribution in [0, 0.1) is 5.41 Å². The lowest BCUT2D eigenvalue weighted by molar-refractivity contribution is 0.378. The van der Waals surface area contributed by atoms with Crippen molar-refractivity contribution in [2.45, 2.75) is 39.8 Å². The van der Waals surface area contributed by atoms with Crippen LogP contribution in [0.4, 0.5) is 0 Å². The van der Waals surface area contributed by atoms with Crippen LogP contribution < -0.4 is 5.32 Å². The summed E-state index contributed by atoms with van der Waals surface area (Å²) in [6, 6.07) is 4.14. The van der Waals surface area contributed by atoms with Gasteiger partial charge >= 0.3 is 0 Å². The number of rotatable bonds is 2. The Labute approximate surface area is 119 Å². The van der Waals surface area contributed by atoms with E-state index in [9.17, 15) is 0 Å². The monoisotopic (exact) mass is 271 g/mol. The zero-order valence-corrected chi connectivity index (χ0v) is 12.3. The highest BCUT2D eigenvalue weighted by Gasteiger charge is 2.27. The first-order valence-corrected chi connectivity index (χ1v) is 7.10. The van der Waals surface area contributed by atoms with E-state index in [4.69, 9.17) is 0 Å². The topological polar surface area (TPSA) is 55.6 Å². The van der Waals surface area contributed by atoms with Crippen molar-refractivity contribution in [3.63, 3.8) is 0 Å². The molecule has 0 aliphatic carbocycles. The first kappa shape index (κ1) is 13.2. The van der Waals surface area contributed by atoms with Gasteiger partial charge in [0, 0.05) is 31.9 Å². The van der Waals surface area contributed by atoms with Gasteiger partial charge in [-0.15, -0.1) is 10.2 Å². The number of pyridine rings is 1. The molecule has 3 rings (SSSR count). The third-order valence-corrected chi connectivity index (χ3v) is 3.50. The predicted molar refractivity (Wildman–Crippen MR) is 77.3 cm³/mol. The van der Waals surface area contributed by atoms with E-state index in [2.05, 4.69) is 51.9 Å². The van der Waals surface area contributed by atoms with Gasteiger partial charge in [-0.25, -0.2) is 0 Å². The average Bonchev–Trinajstić information content (AvgIpc) is 2.81. The molecule has 1 unspecified atom stereocenters. The quantitative estimate of drug-likeness (QED) is 0.907. The van der Waals surface area contributed by atoms with Gasteiger partial charge in [0.1, 0.15) is 5.82 Å². The smallest absolute Gasteiger partial charge is 0.154 e. The first-order valence-electron chi connectivity index (χ1n) is 7.10. The van der Waals surface area contributed by atoms with Gasteiger partial charge in [0.05, 0.1) is 6.04 Å². The van der Waals surface area contributed by atoms with Gasteiger partial charge in [-0.2, -0.15) is 0 Å². The molecule has 0 spiro atoms. The van der Waals surface area contributed by atoms with E-state index in [1.165, 1.54) is 0 Å². The number of aromatic nitrogens is 4. The van der Waals surface area contributed by atoms with Crippen LogP contribution in [0.5, 0.6) is 0 Å². The molecule has 0 amide bonds. The third-order valence-electron chi connectivity index (χ3n) is 3.50.